The van der Waals surface area contributed by atoms with Crippen molar-refractivity contribution in [2.45, 2.75) is 32.4 Å². The number of fused-ring (bicyclic) bond motifs is 2. The number of benzene rings is 1. The Morgan fingerprint density at radius 1 is 1.22 bits per heavy atom. The zero-order chi connectivity index (χ0) is 18.6. The SMILES string of the molecule is CCOCC[C@H]1CN(C(=O)c2ccc3c(c2)OCCCO3)Cc2cccn21. The van der Waals surface area contributed by atoms with Crippen molar-refractivity contribution in [3.05, 3.63) is 47.8 Å². The number of nitrogens with zero attached hydrogens (tertiary/aromatic N) is 2. The summed E-state index contributed by atoms with van der Waals surface area (Å²) in [7, 11) is 0. The lowest BCUT2D eigenvalue weighted by Crippen LogP contribution is -2.41. The topological polar surface area (TPSA) is 52.9 Å². The van der Waals surface area contributed by atoms with Crippen molar-refractivity contribution in [2.24, 2.45) is 0 Å². The Morgan fingerprint density at radius 2 is 2.07 bits per heavy atom. The third-order valence-corrected chi connectivity index (χ3v) is 5.13. The summed E-state index contributed by atoms with van der Waals surface area (Å²) >= 11 is 0. The van der Waals surface area contributed by atoms with E-state index in [0.29, 0.717) is 56.6 Å². The van der Waals surface area contributed by atoms with Crippen LogP contribution in [0, 0.1) is 0 Å². The average Bonchev–Trinajstić information content (AvgIpc) is 3.04. The van der Waals surface area contributed by atoms with E-state index < -0.39 is 0 Å². The molecule has 1 atom stereocenters. The predicted octanol–water partition coefficient (Wildman–Crippen LogP) is 3.27. The lowest BCUT2D eigenvalue weighted by atomic mass is 10.1. The Morgan fingerprint density at radius 3 is 2.93 bits per heavy atom. The first-order chi connectivity index (χ1) is 13.3. The Kier molecular flexibility index (Phi) is 5.34. The number of rotatable bonds is 5. The monoisotopic (exact) mass is 370 g/mol. The van der Waals surface area contributed by atoms with Crippen LogP contribution in [0.15, 0.2) is 36.5 Å². The van der Waals surface area contributed by atoms with Gasteiger partial charge in [-0.1, -0.05) is 0 Å². The fourth-order valence-electron chi connectivity index (χ4n) is 3.75. The first-order valence-corrected chi connectivity index (χ1v) is 9.68. The molecule has 0 N–H and O–H groups in total. The van der Waals surface area contributed by atoms with Crippen LogP contribution in [0.25, 0.3) is 0 Å². The maximum Gasteiger partial charge on any atom is 0.254 e. The van der Waals surface area contributed by atoms with Gasteiger partial charge in [-0.3, -0.25) is 4.79 Å². The van der Waals surface area contributed by atoms with Gasteiger partial charge in [0.2, 0.25) is 0 Å². The summed E-state index contributed by atoms with van der Waals surface area (Å²) in [6.07, 6.45) is 3.84. The van der Waals surface area contributed by atoms with E-state index in [4.69, 9.17) is 14.2 Å². The van der Waals surface area contributed by atoms with E-state index in [1.807, 2.05) is 36.1 Å². The van der Waals surface area contributed by atoms with E-state index in [0.717, 1.165) is 18.5 Å². The number of ether oxygens (including phenoxy) is 3. The summed E-state index contributed by atoms with van der Waals surface area (Å²) in [4.78, 5) is 15.1. The zero-order valence-corrected chi connectivity index (χ0v) is 15.7. The molecule has 1 amide bonds. The quantitative estimate of drug-likeness (QED) is 0.758. The molecule has 2 aliphatic rings. The van der Waals surface area contributed by atoms with E-state index in [2.05, 4.69) is 16.8 Å². The van der Waals surface area contributed by atoms with Crippen molar-refractivity contribution >= 4 is 5.91 Å². The van der Waals surface area contributed by atoms with Crippen LogP contribution in [0.4, 0.5) is 0 Å². The summed E-state index contributed by atoms with van der Waals surface area (Å²) < 4.78 is 19.2. The van der Waals surface area contributed by atoms with Gasteiger partial charge in [0.05, 0.1) is 25.8 Å². The van der Waals surface area contributed by atoms with Crippen molar-refractivity contribution in [2.75, 3.05) is 33.0 Å². The highest BCUT2D eigenvalue weighted by molar-refractivity contribution is 5.95. The standard InChI is InChI=1S/C21H26N2O4/c1-2-25-12-8-18-15-22(14-17-5-3-9-23(17)18)21(24)16-6-7-19-20(13-16)27-11-4-10-26-19/h3,5-7,9,13,18H,2,4,8,10-12,14-15H2,1H3/t18-/m0/s1. The summed E-state index contributed by atoms with van der Waals surface area (Å²) in [6, 6.07) is 9.85. The molecule has 3 heterocycles. The molecule has 6 heteroatoms. The van der Waals surface area contributed by atoms with E-state index in [9.17, 15) is 4.79 Å². The van der Waals surface area contributed by atoms with Crippen LogP contribution in [0.1, 0.15) is 41.9 Å². The molecule has 0 fully saturated rings. The molecule has 144 valence electrons. The van der Waals surface area contributed by atoms with Gasteiger partial charge in [0.15, 0.2) is 11.5 Å². The number of carbonyl (C=O) groups excluding carboxylic acids is 1. The molecule has 6 nitrogen and oxygen atoms in total. The Hall–Kier alpha value is -2.47. The van der Waals surface area contributed by atoms with Crippen molar-refractivity contribution in [1.82, 2.24) is 9.47 Å². The molecule has 1 aromatic heterocycles. The highest BCUT2D eigenvalue weighted by atomic mass is 16.5. The summed E-state index contributed by atoms with van der Waals surface area (Å²) in [5.41, 5.74) is 1.80. The third kappa shape index (κ3) is 3.81. The molecule has 0 bridgehead atoms. The molecular formula is C21H26N2O4. The minimum atomic E-state index is 0.0273. The van der Waals surface area contributed by atoms with Crippen LogP contribution >= 0.6 is 0 Å². The number of amides is 1. The van der Waals surface area contributed by atoms with Crippen molar-refractivity contribution < 1.29 is 19.0 Å². The molecule has 0 unspecified atom stereocenters. The Bertz CT molecular complexity index is 801. The van der Waals surface area contributed by atoms with E-state index >= 15 is 0 Å². The minimum Gasteiger partial charge on any atom is -0.490 e. The highest BCUT2D eigenvalue weighted by Crippen LogP contribution is 2.32. The smallest absolute Gasteiger partial charge is 0.254 e. The maximum absolute atomic E-state index is 13.2. The van der Waals surface area contributed by atoms with Gasteiger partial charge < -0.3 is 23.7 Å². The van der Waals surface area contributed by atoms with Gasteiger partial charge in [0.25, 0.3) is 5.91 Å². The van der Waals surface area contributed by atoms with Crippen LogP contribution in [0.5, 0.6) is 11.5 Å². The molecule has 4 rings (SSSR count). The first kappa shape index (κ1) is 17.9. The molecular weight excluding hydrogens is 344 g/mol. The third-order valence-electron chi connectivity index (χ3n) is 5.13. The minimum absolute atomic E-state index is 0.0273. The molecule has 0 saturated carbocycles. The summed E-state index contributed by atoms with van der Waals surface area (Å²) in [5, 5.41) is 0. The molecule has 0 spiro atoms. The van der Waals surface area contributed by atoms with Gasteiger partial charge in [-0.05, 0) is 43.7 Å². The lowest BCUT2D eigenvalue weighted by Gasteiger charge is -2.35. The van der Waals surface area contributed by atoms with Crippen LogP contribution in [0.2, 0.25) is 0 Å². The molecule has 2 aromatic rings. The van der Waals surface area contributed by atoms with Gasteiger partial charge in [0.1, 0.15) is 0 Å². The number of carbonyl (C=O) groups is 1. The van der Waals surface area contributed by atoms with Crippen molar-refractivity contribution in [3.63, 3.8) is 0 Å². The Labute approximate surface area is 159 Å². The second kappa shape index (κ2) is 8.05. The number of hydrogen-bond acceptors (Lipinski definition) is 4. The van der Waals surface area contributed by atoms with Crippen LogP contribution in [0.3, 0.4) is 0 Å². The molecule has 0 saturated heterocycles. The fourth-order valence-corrected chi connectivity index (χ4v) is 3.75. The largest absolute Gasteiger partial charge is 0.490 e. The van der Waals surface area contributed by atoms with E-state index in [1.54, 1.807) is 0 Å². The molecule has 1 aromatic carbocycles. The van der Waals surface area contributed by atoms with Crippen LogP contribution in [-0.4, -0.2) is 48.3 Å². The van der Waals surface area contributed by atoms with Gasteiger partial charge in [-0.15, -0.1) is 0 Å². The maximum atomic E-state index is 13.2. The molecule has 0 aliphatic carbocycles. The number of aromatic nitrogens is 1. The summed E-state index contributed by atoms with van der Waals surface area (Å²) in [6.45, 7) is 5.97. The van der Waals surface area contributed by atoms with Crippen LogP contribution < -0.4 is 9.47 Å². The second-order valence-electron chi connectivity index (χ2n) is 6.94. The van der Waals surface area contributed by atoms with E-state index in [1.165, 1.54) is 0 Å². The van der Waals surface area contributed by atoms with Gasteiger partial charge >= 0.3 is 0 Å². The van der Waals surface area contributed by atoms with Crippen molar-refractivity contribution in [1.29, 1.82) is 0 Å². The predicted molar refractivity (Wildman–Crippen MR) is 101 cm³/mol. The second-order valence-corrected chi connectivity index (χ2v) is 6.94. The highest BCUT2D eigenvalue weighted by Gasteiger charge is 2.28. The van der Waals surface area contributed by atoms with Gasteiger partial charge in [0, 0.05) is 43.6 Å². The molecule has 27 heavy (non-hydrogen) atoms. The molecule has 2 aliphatic heterocycles. The Balaban J connectivity index is 1.53. The van der Waals surface area contributed by atoms with Gasteiger partial charge in [-0.2, -0.15) is 0 Å². The fraction of sp³-hybridized carbons (Fsp3) is 0.476. The lowest BCUT2D eigenvalue weighted by molar-refractivity contribution is 0.0639. The summed E-state index contributed by atoms with van der Waals surface area (Å²) in [5.74, 6) is 1.40. The average molecular weight is 370 g/mol. The van der Waals surface area contributed by atoms with Crippen LogP contribution in [-0.2, 0) is 11.3 Å². The normalized spacial score (nSPS) is 18.7. The number of hydrogen-bond donors (Lipinski definition) is 0. The molecule has 0 radical (unpaired) electrons. The van der Waals surface area contributed by atoms with Crippen molar-refractivity contribution in [3.8, 4) is 11.5 Å². The zero-order valence-electron chi connectivity index (χ0n) is 15.7. The van der Waals surface area contributed by atoms with Gasteiger partial charge in [-0.25, -0.2) is 0 Å². The first-order valence-electron chi connectivity index (χ1n) is 9.68. The van der Waals surface area contributed by atoms with E-state index in [-0.39, 0.29) is 11.9 Å².